The first-order valence-corrected chi connectivity index (χ1v) is 9.67. The van der Waals surface area contributed by atoms with E-state index in [4.69, 9.17) is 5.73 Å². The van der Waals surface area contributed by atoms with Crippen molar-refractivity contribution in [3.8, 4) is 11.4 Å². The van der Waals surface area contributed by atoms with Crippen molar-refractivity contribution in [2.24, 2.45) is 0 Å². The number of nitrogen functional groups attached to an aromatic ring is 1. The number of carbonyl (C=O) groups is 2. The van der Waals surface area contributed by atoms with Crippen molar-refractivity contribution >= 4 is 43.7 Å². The third-order valence-electron chi connectivity index (χ3n) is 3.92. The zero-order chi connectivity index (χ0) is 21.9. The number of hydrogen-bond donors (Lipinski definition) is 2. The monoisotopic (exact) mass is 495 g/mol. The maximum Gasteiger partial charge on any atom is 0.534 e. The van der Waals surface area contributed by atoms with Gasteiger partial charge in [-0.1, -0.05) is 15.9 Å². The standard InChI is InChI=1S/C15H9BrF3N3O6S/c1-5-2-9(28-29(26,27)15(17,18)19)8(4-7(5)16)22-10(23)3-6-11(12(22)20)14(25)21-13(6)24/h2-4H,20H2,1H3,(H,21,24,25). The highest BCUT2D eigenvalue weighted by molar-refractivity contribution is 9.10. The molecule has 0 spiro atoms. The summed E-state index contributed by atoms with van der Waals surface area (Å²) in [4.78, 5) is 36.2. The van der Waals surface area contributed by atoms with Gasteiger partial charge < -0.3 is 9.92 Å². The van der Waals surface area contributed by atoms with Crippen LogP contribution in [-0.2, 0) is 10.1 Å². The summed E-state index contributed by atoms with van der Waals surface area (Å²) in [7, 11) is -6.07. The van der Waals surface area contributed by atoms with Crippen molar-refractivity contribution < 1.29 is 35.4 Å². The van der Waals surface area contributed by atoms with Crippen LogP contribution in [0.1, 0.15) is 26.3 Å². The van der Waals surface area contributed by atoms with Crippen LogP contribution in [-0.4, -0.2) is 30.3 Å². The van der Waals surface area contributed by atoms with Crippen LogP contribution in [0, 0.1) is 6.92 Å². The summed E-state index contributed by atoms with van der Waals surface area (Å²) in [6, 6.07) is 2.78. The van der Waals surface area contributed by atoms with Crippen LogP contribution in [0.4, 0.5) is 19.0 Å². The molecule has 29 heavy (non-hydrogen) atoms. The number of alkyl halides is 3. The number of halogens is 4. The van der Waals surface area contributed by atoms with Crippen molar-refractivity contribution in [2.45, 2.75) is 12.4 Å². The summed E-state index contributed by atoms with van der Waals surface area (Å²) in [6.45, 7) is 1.43. The van der Waals surface area contributed by atoms with E-state index in [2.05, 4.69) is 20.1 Å². The molecule has 0 unspecified atom stereocenters. The second-order valence-corrected chi connectivity index (χ2v) is 8.22. The Kier molecular flexibility index (Phi) is 4.74. The molecule has 3 rings (SSSR count). The van der Waals surface area contributed by atoms with Gasteiger partial charge >= 0.3 is 15.6 Å². The molecule has 0 aliphatic carbocycles. The fourth-order valence-electron chi connectivity index (χ4n) is 2.58. The Balaban J connectivity index is 2.33. The summed E-state index contributed by atoms with van der Waals surface area (Å²) < 4.78 is 66.3. The Morgan fingerprint density at radius 2 is 1.76 bits per heavy atom. The maximum atomic E-state index is 12.8. The van der Waals surface area contributed by atoms with Gasteiger partial charge in [-0.25, -0.2) is 0 Å². The number of carbonyl (C=O) groups excluding carboxylic acids is 2. The topological polar surface area (TPSA) is 138 Å². The van der Waals surface area contributed by atoms with Crippen molar-refractivity contribution in [2.75, 3.05) is 5.73 Å². The number of imide groups is 1. The quantitative estimate of drug-likeness (QED) is 0.374. The molecule has 0 saturated carbocycles. The zero-order valence-corrected chi connectivity index (χ0v) is 16.5. The lowest BCUT2D eigenvalue weighted by molar-refractivity contribution is -0.0500. The average molecular weight is 496 g/mol. The van der Waals surface area contributed by atoms with E-state index in [1.54, 1.807) is 0 Å². The Labute approximate surface area is 168 Å². The predicted octanol–water partition coefficient (Wildman–Crippen LogP) is 1.60. The number of aryl methyl sites for hydroxylation is 1. The first-order valence-electron chi connectivity index (χ1n) is 7.47. The van der Waals surface area contributed by atoms with Gasteiger partial charge in [0.25, 0.3) is 17.4 Å². The minimum absolute atomic E-state index is 0.275. The Hall–Kier alpha value is -2.87. The lowest BCUT2D eigenvalue weighted by Crippen LogP contribution is -2.29. The molecule has 0 fully saturated rings. The molecule has 0 bridgehead atoms. The molecule has 0 radical (unpaired) electrons. The molecule has 9 nitrogen and oxygen atoms in total. The summed E-state index contributed by atoms with van der Waals surface area (Å²) in [6.07, 6.45) is 0. The minimum Gasteiger partial charge on any atom is -0.384 e. The predicted molar refractivity (Wildman–Crippen MR) is 96.3 cm³/mol. The van der Waals surface area contributed by atoms with E-state index in [0.29, 0.717) is 4.57 Å². The highest BCUT2D eigenvalue weighted by atomic mass is 79.9. The molecule has 1 aromatic carbocycles. The van der Waals surface area contributed by atoms with Crippen molar-refractivity contribution in [3.05, 3.63) is 49.7 Å². The average Bonchev–Trinajstić information content (AvgIpc) is 2.84. The number of aromatic nitrogens is 1. The van der Waals surface area contributed by atoms with Crippen LogP contribution in [0.2, 0.25) is 0 Å². The van der Waals surface area contributed by atoms with Gasteiger partial charge in [0.05, 0.1) is 16.8 Å². The Bertz CT molecular complexity index is 1250. The number of benzene rings is 1. The number of fused-ring (bicyclic) bond motifs is 1. The van der Waals surface area contributed by atoms with Crippen molar-refractivity contribution in [1.29, 1.82) is 0 Å². The first-order chi connectivity index (χ1) is 13.2. The van der Waals surface area contributed by atoms with Crippen LogP contribution in [0.25, 0.3) is 5.69 Å². The van der Waals surface area contributed by atoms with E-state index in [1.807, 2.05) is 5.32 Å². The SMILES string of the molecule is Cc1cc(OS(=O)(=O)C(F)(F)F)c(-n2c(N)c3c(cc2=O)C(=O)NC3=O)cc1Br. The summed E-state index contributed by atoms with van der Waals surface area (Å²) in [5.41, 5.74) is -1.81. The molecular weight excluding hydrogens is 487 g/mol. The maximum absolute atomic E-state index is 12.8. The third-order valence-corrected chi connectivity index (χ3v) is 5.74. The highest BCUT2D eigenvalue weighted by Crippen LogP contribution is 2.35. The molecule has 154 valence electrons. The summed E-state index contributed by atoms with van der Waals surface area (Å²) in [5.74, 6) is -3.24. The van der Waals surface area contributed by atoms with Gasteiger partial charge in [0, 0.05) is 10.5 Å². The molecule has 2 aromatic rings. The van der Waals surface area contributed by atoms with E-state index in [9.17, 15) is 36.0 Å². The molecule has 2 heterocycles. The van der Waals surface area contributed by atoms with Crippen LogP contribution in [0.5, 0.6) is 5.75 Å². The van der Waals surface area contributed by atoms with E-state index in [0.717, 1.165) is 18.2 Å². The smallest absolute Gasteiger partial charge is 0.384 e. The van der Waals surface area contributed by atoms with Crippen molar-refractivity contribution in [1.82, 2.24) is 9.88 Å². The van der Waals surface area contributed by atoms with Crippen LogP contribution < -0.4 is 20.8 Å². The number of nitrogens with one attached hydrogen (secondary N) is 1. The second kappa shape index (κ2) is 6.59. The van der Waals surface area contributed by atoms with E-state index in [-0.39, 0.29) is 21.2 Å². The van der Waals surface area contributed by atoms with Gasteiger partial charge in [-0.15, -0.1) is 0 Å². The van der Waals surface area contributed by atoms with E-state index in [1.165, 1.54) is 6.92 Å². The zero-order valence-electron chi connectivity index (χ0n) is 14.1. The van der Waals surface area contributed by atoms with E-state index < -0.39 is 50.3 Å². The fourth-order valence-corrected chi connectivity index (χ4v) is 3.37. The number of rotatable bonds is 3. The van der Waals surface area contributed by atoms with E-state index >= 15 is 0 Å². The first kappa shape index (κ1) is 20.9. The highest BCUT2D eigenvalue weighted by Gasteiger charge is 2.49. The van der Waals surface area contributed by atoms with Crippen molar-refractivity contribution in [3.63, 3.8) is 0 Å². The lowest BCUT2D eigenvalue weighted by atomic mass is 10.1. The number of nitrogens with two attached hydrogens (primary N) is 1. The number of hydrogen-bond acceptors (Lipinski definition) is 7. The number of nitrogens with zero attached hydrogens (tertiary/aromatic N) is 1. The molecule has 3 N–H and O–H groups in total. The van der Waals surface area contributed by atoms with Gasteiger partial charge in [0.2, 0.25) is 0 Å². The molecule has 0 saturated heterocycles. The number of amides is 2. The number of anilines is 1. The molecule has 2 amide bonds. The van der Waals surface area contributed by atoms with Gasteiger partial charge in [-0.05, 0) is 24.6 Å². The molecule has 1 aliphatic rings. The van der Waals surface area contributed by atoms with Crippen LogP contribution >= 0.6 is 15.9 Å². The third kappa shape index (κ3) is 3.37. The number of pyridine rings is 1. The summed E-state index contributed by atoms with van der Waals surface area (Å²) in [5, 5.41) is 1.93. The van der Waals surface area contributed by atoms with Crippen LogP contribution in [0.15, 0.2) is 27.5 Å². The summed E-state index contributed by atoms with van der Waals surface area (Å²) >= 11 is 3.11. The minimum atomic E-state index is -6.07. The molecular formula is C15H9BrF3N3O6S. The largest absolute Gasteiger partial charge is 0.534 e. The molecule has 14 heteroatoms. The Morgan fingerprint density at radius 3 is 2.34 bits per heavy atom. The molecule has 1 aliphatic heterocycles. The molecule has 1 aromatic heterocycles. The van der Waals surface area contributed by atoms with Gasteiger partial charge in [-0.2, -0.15) is 21.6 Å². The van der Waals surface area contributed by atoms with Gasteiger partial charge in [0.1, 0.15) is 5.82 Å². The lowest BCUT2D eigenvalue weighted by Gasteiger charge is -2.18. The molecule has 0 atom stereocenters. The van der Waals surface area contributed by atoms with Gasteiger partial charge in [0.15, 0.2) is 5.75 Å². The normalized spacial score (nSPS) is 14.0. The Morgan fingerprint density at radius 1 is 1.14 bits per heavy atom. The second-order valence-electron chi connectivity index (χ2n) is 5.83. The van der Waals surface area contributed by atoms with Crippen LogP contribution in [0.3, 0.4) is 0 Å². The van der Waals surface area contributed by atoms with Gasteiger partial charge in [-0.3, -0.25) is 24.3 Å². The fraction of sp³-hybridized carbons (Fsp3) is 0.133.